The highest BCUT2D eigenvalue weighted by molar-refractivity contribution is 5.91. The Morgan fingerprint density at radius 2 is 2.09 bits per heavy atom. The molecule has 0 saturated carbocycles. The first-order chi connectivity index (χ1) is 10.4. The van der Waals surface area contributed by atoms with E-state index in [1.54, 1.807) is 6.07 Å². The summed E-state index contributed by atoms with van der Waals surface area (Å²) in [5.74, 6) is -0.170. The van der Waals surface area contributed by atoms with Crippen molar-refractivity contribution in [2.75, 3.05) is 11.9 Å². The molecule has 2 heterocycles. The maximum absolute atomic E-state index is 13.6. The molecule has 0 saturated heterocycles. The Morgan fingerprint density at radius 3 is 2.82 bits per heavy atom. The molecule has 0 amide bonds. The normalized spacial score (nSPS) is 18.2. The maximum atomic E-state index is 13.6. The zero-order valence-electron chi connectivity index (χ0n) is 11.1. The van der Waals surface area contributed by atoms with E-state index in [4.69, 9.17) is 4.84 Å². The summed E-state index contributed by atoms with van der Waals surface area (Å²) in [6.45, 7) is 0.0612. The number of rotatable bonds is 3. The molecule has 1 aromatic heterocycles. The topological polar surface area (TPSA) is 59.4 Å². The largest absolute Gasteiger partial charge is 0.432 e. The number of aromatic nitrogens is 2. The van der Waals surface area contributed by atoms with Crippen LogP contribution in [0.5, 0.6) is 0 Å². The Hall–Kier alpha value is -2.45. The monoisotopic (exact) mass is 314 g/mol. The molecule has 0 aliphatic carbocycles. The van der Waals surface area contributed by atoms with Crippen LogP contribution in [0.3, 0.4) is 0 Å². The molecule has 1 unspecified atom stereocenters. The van der Waals surface area contributed by atoms with Gasteiger partial charge in [-0.3, -0.25) is 0 Å². The van der Waals surface area contributed by atoms with Crippen LogP contribution in [-0.2, 0) is 4.84 Å². The molecule has 1 aliphatic heterocycles. The van der Waals surface area contributed by atoms with Gasteiger partial charge >= 0.3 is 6.18 Å². The van der Waals surface area contributed by atoms with Crippen molar-refractivity contribution in [1.29, 1.82) is 0 Å². The molecule has 3 rings (SSSR count). The molecule has 0 radical (unpaired) electrons. The predicted molar refractivity (Wildman–Crippen MR) is 71.0 cm³/mol. The number of alkyl halides is 3. The van der Waals surface area contributed by atoms with Crippen LogP contribution in [0.2, 0.25) is 0 Å². The van der Waals surface area contributed by atoms with Crippen molar-refractivity contribution in [1.82, 2.24) is 9.97 Å². The van der Waals surface area contributed by atoms with Crippen molar-refractivity contribution in [2.45, 2.75) is 18.7 Å². The summed E-state index contributed by atoms with van der Waals surface area (Å²) in [5.41, 5.74) is -0.808. The number of hydrogen-bond acceptors (Lipinski definition) is 5. The van der Waals surface area contributed by atoms with Crippen LogP contribution in [0, 0.1) is 5.82 Å². The first-order valence-electron chi connectivity index (χ1n) is 6.38. The fourth-order valence-corrected chi connectivity index (χ4v) is 2.11. The van der Waals surface area contributed by atoms with Gasteiger partial charge in [0.2, 0.25) is 0 Å². The highest BCUT2D eigenvalue weighted by Crippen LogP contribution is 2.26. The van der Waals surface area contributed by atoms with E-state index in [0.717, 1.165) is 0 Å². The second-order valence-electron chi connectivity index (χ2n) is 4.71. The summed E-state index contributed by atoms with van der Waals surface area (Å²) in [4.78, 5) is 12.5. The lowest BCUT2D eigenvalue weighted by Crippen LogP contribution is -2.26. The third-order valence-corrected chi connectivity index (χ3v) is 3.17. The fourth-order valence-electron chi connectivity index (χ4n) is 2.11. The van der Waals surface area contributed by atoms with Crippen LogP contribution in [0.1, 0.15) is 6.42 Å². The Balaban J connectivity index is 1.70. The molecule has 0 bridgehead atoms. The number of nitrogens with zero attached hydrogens (tertiary/aromatic N) is 3. The van der Waals surface area contributed by atoms with Crippen molar-refractivity contribution < 1.29 is 22.4 Å². The smallest absolute Gasteiger partial charge is 0.390 e. The van der Waals surface area contributed by atoms with Gasteiger partial charge in [-0.25, -0.2) is 14.4 Å². The first kappa shape index (κ1) is 14.5. The maximum Gasteiger partial charge on any atom is 0.432 e. The van der Waals surface area contributed by atoms with Crippen molar-refractivity contribution in [2.24, 2.45) is 5.16 Å². The molecule has 22 heavy (non-hydrogen) atoms. The predicted octanol–water partition coefficient (Wildman–Crippen LogP) is 2.89. The third-order valence-electron chi connectivity index (χ3n) is 3.17. The number of benzene rings is 1. The van der Waals surface area contributed by atoms with Gasteiger partial charge in [0, 0.05) is 11.8 Å². The minimum atomic E-state index is -4.49. The van der Waals surface area contributed by atoms with E-state index >= 15 is 0 Å². The van der Waals surface area contributed by atoms with Gasteiger partial charge in [0.1, 0.15) is 29.6 Å². The number of halogens is 4. The number of para-hydroxylation sites is 1. The van der Waals surface area contributed by atoms with Gasteiger partial charge in [0.15, 0.2) is 5.71 Å². The van der Waals surface area contributed by atoms with Crippen LogP contribution in [0.25, 0.3) is 10.9 Å². The summed E-state index contributed by atoms with van der Waals surface area (Å²) in [6.07, 6.45) is -4.40. The van der Waals surface area contributed by atoms with E-state index < -0.39 is 23.8 Å². The second kappa shape index (κ2) is 5.39. The van der Waals surface area contributed by atoms with Crippen molar-refractivity contribution in [3.8, 4) is 0 Å². The molecule has 1 aliphatic rings. The average Bonchev–Trinajstić information content (AvgIpc) is 2.95. The van der Waals surface area contributed by atoms with Crippen LogP contribution in [0.4, 0.5) is 23.4 Å². The molecule has 1 atom stereocenters. The van der Waals surface area contributed by atoms with Gasteiger partial charge in [-0.15, -0.1) is 0 Å². The molecular weight excluding hydrogens is 304 g/mol. The van der Waals surface area contributed by atoms with Gasteiger partial charge in [-0.05, 0) is 12.1 Å². The lowest BCUT2D eigenvalue weighted by Gasteiger charge is -2.12. The molecule has 1 aromatic carbocycles. The molecule has 0 fully saturated rings. The minimum Gasteiger partial charge on any atom is -0.390 e. The Morgan fingerprint density at radius 1 is 1.27 bits per heavy atom. The Kier molecular flexibility index (Phi) is 3.55. The van der Waals surface area contributed by atoms with Gasteiger partial charge in [0.25, 0.3) is 0 Å². The van der Waals surface area contributed by atoms with Gasteiger partial charge in [-0.2, -0.15) is 13.2 Å². The quantitative estimate of drug-likeness (QED) is 0.885. The van der Waals surface area contributed by atoms with E-state index in [9.17, 15) is 17.6 Å². The van der Waals surface area contributed by atoms with E-state index in [2.05, 4.69) is 20.4 Å². The van der Waals surface area contributed by atoms with Crippen LogP contribution in [0.15, 0.2) is 29.7 Å². The minimum absolute atomic E-state index is 0.0612. The Bertz CT molecular complexity index is 732. The SMILES string of the molecule is Fc1cccc2c(NCC3CC(C(F)(F)F)=NO3)ncnc12. The second-order valence-corrected chi connectivity index (χ2v) is 4.71. The Labute approximate surface area is 122 Å². The van der Waals surface area contributed by atoms with Crippen LogP contribution in [-0.4, -0.2) is 34.5 Å². The van der Waals surface area contributed by atoms with Crippen LogP contribution < -0.4 is 5.32 Å². The molecule has 5 nitrogen and oxygen atoms in total. The zero-order valence-corrected chi connectivity index (χ0v) is 11.1. The molecule has 0 spiro atoms. The third kappa shape index (κ3) is 2.78. The van der Waals surface area contributed by atoms with Crippen molar-refractivity contribution >= 4 is 22.4 Å². The van der Waals surface area contributed by atoms with E-state index in [1.807, 2.05) is 0 Å². The van der Waals surface area contributed by atoms with E-state index in [0.29, 0.717) is 11.2 Å². The lowest BCUT2D eigenvalue weighted by atomic mass is 10.1. The number of nitrogens with one attached hydrogen (secondary N) is 1. The fraction of sp³-hybridized carbons (Fsp3) is 0.308. The van der Waals surface area contributed by atoms with Gasteiger partial charge < -0.3 is 10.2 Å². The number of fused-ring (bicyclic) bond motifs is 1. The molecule has 116 valence electrons. The number of oxime groups is 1. The van der Waals surface area contributed by atoms with Crippen molar-refractivity contribution in [3.63, 3.8) is 0 Å². The van der Waals surface area contributed by atoms with E-state index in [1.165, 1.54) is 18.5 Å². The van der Waals surface area contributed by atoms with Crippen LogP contribution >= 0.6 is 0 Å². The highest BCUT2D eigenvalue weighted by Gasteiger charge is 2.41. The first-order valence-corrected chi connectivity index (χ1v) is 6.38. The molecular formula is C13H10F4N4O. The van der Waals surface area contributed by atoms with E-state index in [-0.39, 0.29) is 18.5 Å². The summed E-state index contributed by atoms with van der Waals surface area (Å²) in [7, 11) is 0. The number of anilines is 1. The summed E-state index contributed by atoms with van der Waals surface area (Å²) < 4.78 is 51.0. The van der Waals surface area contributed by atoms with Gasteiger partial charge in [0.05, 0.1) is 6.54 Å². The summed E-state index contributed by atoms with van der Waals surface area (Å²) in [5, 5.41) is 6.32. The summed E-state index contributed by atoms with van der Waals surface area (Å²) in [6, 6.07) is 4.39. The lowest BCUT2D eigenvalue weighted by molar-refractivity contribution is -0.0604. The molecule has 1 N–H and O–H groups in total. The number of hydrogen-bond donors (Lipinski definition) is 1. The van der Waals surface area contributed by atoms with Crippen molar-refractivity contribution in [3.05, 3.63) is 30.3 Å². The standard InChI is InChI=1S/C13H10F4N4O/c14-9-3-1-2-8-11(9)19-6-20-12(8)18-5-7-4-10(21-22-7)13(15,16)17/h1-3,6-7H,4-5H2,(H,18,19,20). The van der Waals surface area contributed by atoms with Gasteiger partial charge in [-0.1, -0.05) is 11.2 Å². The highest BCUT2D eigenvalue weighted by atomic mass is 19.4. The average molecular weight is 314 g/mol. The molecule has 9 heteroatoms. The summed E-state index contributed by atoms with van der Waals surface area (Å²) >= 11 is 0. The zero-order chi connectivity index (χ0) is 15.7. The molecule has 2 aromatic rings.